The van der Waals surface area contributed by atoms with Gasteiger partial charge in [-0.15, -0.1) is 0 Å². The van der Waals surface area contributed by atoms with Crippen molar-refractivity contribution >= 4 is 17.6 Å². The maximum absolute atomic E-state index is 13.9. The molecule has 0 spiro atoms. The molecule has 0 aliphatic carbocycles. The summed E-state index contributed by atoms with van der Waals surface area (Å²) >= 11 is 5.98. The molecule has 0 radical (unpaired) electrons. The fourth-order valence-electron chi connectivity index (χ4n) is 2.48. The smallest absolute Gasteiger partial charge is 0.191 e. The Kier molecular flexibility index (Phi) is 7.09. The van der Waals surface area contributed by atoms with Gasteiger partial charge in [0, 0.05) is 24.2 Å². The molecule has 26 heavy (non-hydrogen) atoms. The Morgan fingerprint density at radius 3 is 2.50 bits per heavy atom. The van der Waals surface area contributed by atoms with E-state index in [9.17, 15) is 4.39 Å². The fourth-order valence-corrected chi connectivity index (χ4v) is 2.64. The van der Waals surface area contributed by atoms with Crippen molar-refractivity contribution in [2.45, 2.75) is 19.5 Å². The number of guanidine groups is 1. The number of aliphatic imine (C=N–C) groups is 1. The minimum Gasteiger partial charge on any atom is -0.496 e. The zero-order chi connectivity index (χ0) is 19.1. The number of rotatable bonds is 6. The summed E-state index contributed by atoms with van der Waals surface area (Å²) in [6.45, 7) is 2.43. The van der Waals surface area contributed by atoms with Crippen molar-refractivity contribution in [2.75, 3.05) is 21.3 Å². The SMILES string of the molecule is CN=C(NCc1ccc(Cl)cc1OC)NC(C)c1ccc(OC)c(F)c1. The third kappa shape index (κ3) is 5.02. The van der Waals surface area contributed by atoms with Gasteiger partial charge in [0.25, 0.3) is 0 Å². The summed E-state index contributed by atoms with van der Waals surface area (Å²) in [6.07, 6.45) is 0. The minimum atomic E-state index is -0.396. The molecule has 0 aromatic heterocycles. The first-order valence-corrected chi connectivity index (χ1v) is 8.49. The molecule has 0 aliphatic heterocycles. The van der Waals surface area contributed by atoms with Gasteiger partial charge in [-0.1, -0.05) is 23.7 Å². The number of hydrogen-bond acceptors (Lipinski definition) is 3. The number of nitrogens with zero attached hydrogens (tertiary/aromatic N) is 1. The summed E-state index contributed by atoms with van der Waals surface area (Å²) < 4.78 is 24.2. The zero-order valence-corrected chi connectivity index (χ0v) is 16.0. The average molecular weight is 380 g/mol. The van der Waals surface area contributed by atoms with Gasteiger partial charge in [0.05, 0.1) is 20.3 Å². The number of ether oxygens (including phenoxy) is 2. The molecular formula is C19H23ClFN3O2. The van der Waals surface area contributed by atoms with Crippen LogP contribution in [0.5, 0.6) is 11.5 Å². The van der Waals surface area contributed by atoms with Gasteiger partial charge in [-0.25, -0.2) is 4.39 Å². The van der Waals surface area contributed by atoms with Crippen molar-refractivity contribution in [1.82, 2.24) is 10.6 Å². The molecule has 2 aromatic rings. The average Bonchev–Trinajstić information content (AvgIpc) is 2.65. The largest absolute Gasteiger partial charge is 0.496 e. The normalized spacial score (nSPS) is 12.5. The van der Waals surface area contributed by atoms with E-state index >= 15 is 0 Å². The first-order chi connectivity index (χ1) is 12.5. The van der Waals surface area contributed by atoms with Gasteiger partial charge in [0.2, 0.25) is 0 Å². The Morgan fingerprint density at radius 2 is 1.88 bits per heavy atom. The molecule has 0 heterocycles. The van der Waals surface area contributed by atoms with Crippen LogP contribution in [0.1, 0.15) is 24.1 Å². The van der Waals surface area contributed by atoms with Gasteiger partial charge in [0.15, 0.2) is 17.5 Å². The lowest BCUT2D eigenvalue weighted by atomic mass is 10.1. The Morgan fingerprint density at radius 1 is 1.15 bits per heavy atom. The standard InChI is InChI=1S/C19H23ClFN3O2/c1-12(13-6-8-17(25-3)16(21)9-13)24-19(22-2)23-11-14-5-7-15(20)10-18(14)26-4/h5-10,12H,11H2,1-4H3,(H2,22,23,24). The number of methoxy groups -OCH3 is 2. The molecular weight excluding hydrogens is 357 g/mol. The topological polar surface area (TPSA) is 54.9 Å². The number of nitrogens with one attached hydrogen (secondary N) is 2. The Bertz CT molecular complexity index is 783. The van der Waals surface area contributed by atoms with Crippen molar-refractivity contribution in [3.8, 4) is 11.5 Å². The third-order valence-corrected chi connectivity index (χ3v) is 4.18. The van der Waals surface area contributed by atoms with Crippen LogP contribution in [0.3, 0.4) is 0 Å². The summed E-state index contributed by atoms with van der Waals surface area (Å²) in [5.41, 5.74) is 1.73. The van der Waals surface area contributed by atoms with Gasteiger partial charge < -0.3 is 20.1 Å². The van der Waals surface area contributed by atoms with Crippen molar-refractivity contribution in [2.24, 2.45) is 4.99 Å². The Hall–Kier alpha value is -2.47. The van der Waals surface area contributed by atoms with E-state index < -0.39 is 5.82 Å². The van der Waals surface area contributed by atoms with E-state index in [1.165, 1.54) is 13.2 Å². The van der Waals surface area contributed by atoms with Crippen molar-refractivity contribution in [3.05, 3.63) is 58.4 Å². The lowest BCUT2D eigenvalue weighted by Gasteiger charge is -2.19. The van der Waals surface area contributed by atoms with Crippen molar-refractivity contribution < 1.29 is 13.9 Å². The molecule has 1 unspecified atom stereocenters. The van der Waals surface area contributed by atoms with Crippen LogP contribution >= 0.6 is 11.6 Å². The van der Waals surface area contributed by atoms with Crippen molar-refractivity contribution in [1.29, 1.82) is 0 Å². The molecule has 2 aromatic carbocycles. The van der Waals surface area contributed by atoms with E-state index in [2.05, 4.69) is 15.6 Å². The quantitative estimate of drug-likeness (QED) is 0.590. The first-order valence-electron chi connectivity index (χ1n) is 8.11. The number of halogens is 2. The van der Waals surface area contributed by atoms with Gasteiger partial charge in [-0.05, 0) is 36.8 Å². The Labute approximate surface area is 158 Å². The molecule has 0 amide bonds. The van der Waals surface area contributed by atoms with Crippen LogP contribution in [0.25, 0.3) is 0 Å². The van der Waals surface area contributed by atoms with Gasteiger partial charge in [0.1, 0.15) is 5.75 Å². The highest BCUT2D eigenvalue weighted by Crippen LogP contribution is 2.23. The highest BCUT2D eigenvalue weighted by atomic mass is 35.5. The van der Waals surface area contributed by atoms with Crippen LogP contribution in [-0.4, -0.2) is 27.2 Å². The van der Waals surface area contributed by atoms with E-state index in [1.807, 2.05) is 19.1 Å². The van der Waals surface area contributed by atoms with E-state index in [-0.39, 0.29) is 11.8 Å². The Balaban J connectivity index is 2.02. The first kappa shape index (κ1) is 19.8. The molecule has 0 aliphatic rings. The zero-order valence-electron chi connectivity index (χ0n) is 15.3. The molecule has 2 N–H and O–H groups in total. The van der Waals surface area contributed by atoms with Gasteiger partial charge in [-0.3, -0.25) is 4.99 Å². The fraction of sp³-hybridized carbons (Fsp3) is 0.316. The van der Waals surface area contributed by atoms with Crippen LogP contribution in [0.15, 0.2) is 41.4 Å². The molecule has 0 saturated heterocycles. The van der Waals surface area contributed by atoms with E-state index in [0.29, 0.717) is 23.3 Å². The van der Waals surface area contributed by atoms with Crippen LogP contribution in [0.2, 0.25) is 5.02 Å². The molecule has 0 bridgehead atoms. The van der Waals surface area contributed by atoms with E-state index in [4.69, 9.17) is 21.1 Å². The van der Waals surface area contributed by atoms with Crippen molar-refractivity contribution in [3.63, 3.8) is 0 Å². The lowest BCUT2D eigenvalue weighted by molar-refractivity contribution is 0.386. The number of benzene rings is 2. The summed E-state index contributed by atoms with van der Waals surface area (Å²) in [7, 11) is 4.72. The van der Waals surface area contributed by atoms with E-state index in [0.717, 1.165) is 11.1 Å². The predicted octanol–water partition coefficient (Wildman–Crippen LogP) is 3.92. The van der Waals surface area contributed by atoms with Gasteiger partial charge >= 0.3 is 0 Å². The summed E-state index contributed by atoms with van der Waals surface area (Å²) in [5.74, 6) is 1.11. The van der Waals surface area contributed by atoms with E-state index in [1.54, 1.807) is 32.4 Å². The maximum atomic E-state index is 13.9. The van der Waals surface area contributed by atoms with Crippen LogP contribution < -0.4 is 20.1 Å². The molecule has 1 atom stereocenters. The second kappa shape index (κ2) is 9.29. The monoisotopic (exact) mass is 379 g/mol. The molecule has 7 heteroatoms. The third-order valence-electron chi connectivity index (χ3n) is 3.95. The second-order valence-corrected chi connectivity index (χ2v) is 6.08. The van der Waals surface area contributed by atoms with Gasteiger partial charge in [-0.2, -0.15) is 0 Å². The number of hydrogen-bond donors (Lipinski definition) is 2. The maximum Gasteiger partial charge on any atom is 0.191 e. The highest BCUT2D eigenvalue weighted by molar-refractivity contribution is 6.30. The minimum absolute atomic E-state index is 0.145. The predicted molar refractivity (Wildman–Crippen MR) is 103 cm³/mol. The molecule has 2 rings (SSSR count). The summed E-state index contributed by atoms with van der Waals surface area (Å²) in [5, 5.41) is 7.06. The molecule has 5 nitrogen and oxygen atoms in total. The van der Waals surface area contributed by atoms with Crippen LogP contribution in [-0.2, 0) is 6.54 Å². The van der Waals surface area contributed by atoms with Crippen LogP contribution in [0.4, 0.5) is 4.39 Å². The highest BCUT2D eigenvalue weighted by Gasteiger charge is 2.12. The second-order valence-electron chi connectivity index (χ2n) is 5.64. The molecule has 0 fully saturated rings. The lowest BCUT2D eigenvalue weighted by Crippen LogP contribution is -2.38. The molecule has 140 valence electrons. The summed E-state index contributed by atoms with van der Waals surface area (Å²) in [6, 6.07) is 10.2. The van der Waals surface area contributed by atoms with Crippen LogP contribution in [0, 0.1) is 5.82 Å². The summed E-state index contributed by atoms with van der Waals surface area (Å²) in [4.78, 5) is 4.21. The molecule has 0 saturated carbocycles.